The van der Waals surface area contributed by atoms with E-state index in [1.165, 1.54) is 16.8 Å². The Morgan fingerprint density at radius 1 is 0.857 bits per heavy atom. The summed E-state index contributed by atoms with van der Waals surface area (Å²) in [5.41, 5.74) is 3.79. The molecule has 0 spiro atoms. The highest BCUT2D eigenvalue weighted by Gasteiger charge is 1.98. The Balaban J connectivity index is 1.80. The number of anilines is 1. The third-order valence-corrected chi connectivity index (χ3v) is 3.35. The summed E-state index contributed by atoms with van der Waals surface area (Å²) in [6.45, 7) is 4.44. The van der Waals surface area contributed by atoms with Crippen LogP contribution in [0.2, 0.25) is 0 Å². The van der Waals surface area contributed by atoms with Crippen molar-refractivity contribution < 1.29 is 4.74 Å². The van der Waals surface area contributed by atoms with Crippen LogP contribution in [0.5, 0.6) is 5.75 Å². The summed E-state index contributed by atoms with van der Waals surface area (Å²) < 4.78 is 5.44. The zero-order valence-corrected chi connectivity index (χ0v) is 13.1. The lowest BCUT2D eigenvalue weighted by Crippen LogP contribution is -2.13. The van der Waals surface area contributed by atoms with Crippen molar-refractivity contribution in [1.29, 1.82) is 0 Å². The first-order valence-electron chi connectivity index (χ1n) is 7.37. The zero-order valence-electron chi connectivity index (χ0n) is 13.1. The Labute approximate surface area is 127 Å². The Bertz CT molecular complexity index is 532. The first-order valence-corrected chi connectivity index (χ1v) is 7.37. The molecule has 3 heteroatoms. The van der Waals surface area contributed by atoms with E-state index < -0.39 is 0 Å². The molecule has 0 aliphatic heterocycles. The minimum atomic E-state index is 0.709. The van der Waals surface area contributed by atoms with Crippen LogP contribution in [0.15, 0.2) is 48.5 Å². The molecular weight excluding hydrogens is 260 g/mol. The van der Waals surface area contributed by atoms with Crippen molar-refractivity contribution in [3.05, 3.63) is 59.7 Å². The van der Waals surface area contributed by atoms with E-state index in [-0.39, 0.29) is 0 Å². The third kappa shape index (κ3) is 4.80. The number of benzene rings is 2. The molecule has 1 N–H and O–H groups in total. The molecule has 0 unspecified atom stereocenters. The molecule has 0 heterocycles. The van der Waals surface area contributed by atoms with Gasteiger partial charge in [0.1, 0.15) is 5.75 Å². The average Bonchev–Trinajstić information content (AvgIpc) is 2.50. The first-order chi connectivity index (χ1) is 10.2. The highest BCUT2D eigenvalue weighted by Crippen LogP contribution is 2.13. The molecule has 0 atom stereocenters. The Hall–Kier alpha value is -2.00. The van der Waals surface area contributed by atoms with Crippen LogP contribution < -0.4 is 15.0 Å². The summed E-state index contributed by atoms with van der Waals surface area (Å²) in [4.78, 5) is 2.11. The fraction of sp³-hybridized carbons (Fsp3) is 0.333. The smallest absolute Gasteiger partial charge is 0.119 e. The first kappa shape index (κ1) is 15.4. The molecule has 0 amide bonds. The van der Waals surface area contributed by atoms with Crippen LogP contribution in [-0.4, -0.2) is 20.7 Å². The van der Waals surface area contributed by atoms with Crippen LogP contribution in [0.3, 0.4) is 0 Å². The van der Waals surface area contributed by atoms with Crippen LogP contribution in [0.1, 0.15) is 18.1 Å². The second-order valence-corrected chi connectivity index (χ2v) is 5.24. The molecule has 0 aliphatic carbocycles. The summed E-state index contributed by atoms with van der Waals surface area (Å²) in [5, 5.41) is 3.46. The van der Waals surface area contributed by atoms with Gasteiger partial charge in [-0.15, -0.1) is 0 Å². The fourth-order valence-electron chi connectivity index (χ4n) is 2.13. The number of hydrogen-bond acceptors (Lipinski definition) is 3. The molecule has 0 saturated heterocycles. The van der Waals surface area contributed by atoms with Crippen molar-refractivity contribution in [2.24, 2.45) is 0 Å². The highest BCUT2D eigenvalue weighted by molar-refractivity contribution is 5.45. The van der Waals surface area contributed by atoms with Gasteiger partial charge in [0, 0.05) is 32.9 Å². The van der Waals surface area contributed by atoms with E-state index in [1.807, 2.05) is 19.1 Å². The fourth-order valence-corrected chi connectivity index (χ4v) is 2.13. The molecule has 0 radical (unpaired) electrons. The van der Waals surface area contributed by atoms with Gasteiger partial charge in [0.15, 0.2) is 0 Å². The van der Waals surface area contributed by atoms with Gasteiger partial charge in [-0.1, -0.05) is 24.3 Å². The van der Waals surface area contributed by atoms with Gasteiger partial charge in [0.2, 0.25) is 0 Å². The maximum atomic E-state index is 5.44. The van der Waals surface area contributed by atoms with Gasteiger partial charge < -0.3 is 15.0 Å². The highest BCUT2D eigenvalue weighted by atomic mass is 16.5. The van der Waals surface area contributed by atoms with Crippen molar-refractivity contribution in [2.75, 3.05) is 25.6 Å². The van der Waals surface area contributed by atoms with Gasteiger partial charge in [-0.05, 0) is 42.3 Å². The van der Waals surface area contributed by atoms with Crippen LogP contribution >= 0.6 is 0 Å². The molecule has 3 nitrogen and oxygen atoms in total. The minimum absolute atomic E-state index is 0.709. The maximum absolute atomic E-state index is 5.44. The summed E-state index contributed by atoms with van der Waals surface area (Å²) in [7, 11) is 4.11. The van der Waals surface area contributed by atoms with E-state index in [0.29, 0.717) is 6.61 Å². The monoisotopic (exact) mass is 284 g/mol. The molecule has 0 bridgehead atoms. The summed E-state index contributed by atoms with van der Waals surface area (Å²) >= 11 is 0. The lowest BCUT2D eigenvalue weighted by molar-refractivity contribution is 0.340. The van der Waals surface area contributed by atoms with Gasteiger partial charge in [-0.25, -0.2) is 0 Å². The number of hydrogen-bond donors (Lipinski definition) is 1. The van der Waals surface area contributed by atoms with Gasteiger partial charge in [0.05, 0.1) is 6.61 Å². The number of ether oxygens (including phenoxy) is 1. The lowest BCUT2D eigenvalue weighted by Gasteiger charge is -2.13. The van der Waals surface area contributed by atoms with E-state index >= 15 is 0 Å². The molecule has 0 aliphatic rings. The Kier molecular flexibility index (Phi) is 5.64. The predicted octanol–water partition coefficient (Wildman–Crippen LogP) is 3.44. The molecule has 0 saturated carbocycles. The van der Waals surface area contributed by atoms with Crippen molar-refractivity contribution >= 4 is 5.69 Å². The largest absolute Gasteiger partial charge is 0.494 e. The number of nitrogens with one attached hydrogen (secondary N) is 1. The van der Waals surface area contributed by atoms with E-state index in [9.17, 15) is 0 Å². The summed E-state index contributed by atoms with van der Waals surface area (Å²) in [5.74, 6) is 0.931. The van der Waals surface area contributed by atoms with Gasteiger partial charge in [-0.3, -0.25) is 0 Å². The summed E-state index contributed by atoms with van der Waals surface area (Å²) in [6.07, 6.45) is 0. The Morgan fingerprint density at radius 3 is 1.86 bits per heavy atom. The zero-order chi connectivity index (χ0) is 15.1. The molecule has 2 aromatic carbocycles. The van der Waals surface area contributed by atoms with Crippen LogP contribution in [0.25, 0.3) is 0 Å². The quantitative estimate of drug-likeness (QED) is 0.843. The molecular formula is C18H24N2O. The number of rotatable bonds is 7. The lowest BCUT2D eigenvalue weighted by atomic mass is 10.2. The normalized spacial score (nSPS) is 10.4. The van der Waals surface area contributed by atoms with Crippen molar-refractivity contribution in [3.8, 4) is 5.75 Å². The standard InChI is InChI=1S/C18H24N2O/c1-4-21-18-11-7-16(8-12-18)14-19-13-15-5-9-17(10-6-15)20(2)3/h5-12,19H,4,13-14H2,1-3H3. The van der Waals surface area contributed by atoms with E-state index in [2.05, 4.69) is 60.7 Å². The average molecular weight is 284 g/mol. The van der Waals surface area contributed by atoms with Gasteiger partial charge >= 0.3 is 0 Å². The van der Waals surface area contributed by atoms with Crippen LogP contribution in [0.4, 0.5) is 5.69 Å². The van der Waals surface area contributed by atoms with Crippen LogP contribution in [-0.2, 0) is 13.1 Å². The predicted molar refractivity (Wildman–Crippen MR) is 88.9 cm³/mol. The van der Waals surface area contributed by atoms with Crippen molar-refractivity contribution in [1.82, 2.24) is 5.32 Å². The molecule has 21 heavy (non-hydrogen) atoms. The van der Waals surface area contributed by atoms with Crippen molar-refractivity contribution in [3.63, 3.8) is 0 Å². The molecule has 0 aromatic heterocycles. The van der Waals surface area contributed by atoms with E-state index in [4.69, 9.17) is 4.74 Å². The minimum Gasteiger partial charge on any atom is -0.494 e. The van der Waals surface area contributed by atoms with Crippen LogP contribution in [0, 0.1) is 0 Å². The van der Waals surface area contributed by atoms with Crippen molar-refractivity contribution in [2.45, 2.75) is 20.0 Å². The number of nitrogens with zero attached hydrogens (tertiary/aromatic N) is 1. The van der Waals surface area contributed by atoms with Gasteiger partial charge in [-0.2, -0.15) is 0 Å². The van der Waals surface area contributed by atoms with E-state index in [1.54, 1.807) is 0 Å². The topological polar surface area (TPSA) is 24.5 Å². The van der Waals surface area contributed by atoms with Gasteiger partial charge in [0.25, 0.3) is 0 Å². The molecule has 2 rings (SSSR count). The third-order valence-electron chi connectivity index (χ3n) is 3.35. The maximum Gasteiger partial charge on any atom is 0.119 e. The van der Waals surface area contributed by atoms with E-state index in [0.717, 1.165) is 18.8 Å². The Morgan fingerprint density at radius 2 is 1.38 bits per heavy atom. The second kappa shape index (κ2) is 7.70. The summed E-state index contributed by atoms with van der Waals surface area (Å²) in [6, 6.07) is 16.9. The second-order valence-electron chi connectivity index (χ2n) is 5.24. The SMILES string of the molecule is CCOc1ccc(CNCc2ccc(N(C)C)cc2)cc1. The molecule has 0 fully saturated rings. The molecule has 112 valence electrons. The molecule has 2 aromatic rings.